The molecule has 0 unspecified atom stereocenters. The van der Waals surface area contributed by atoms with Gasteiger partial charge in [-0.1, -0.05) is 0 Å². The summed E-state index contributed by atoms with van der Waals surface area (Å²) < 4.78 is 10.9. The molecule has 0 aliphatic carbocycles. The topological polar surface area (TPSA) is 24.9 Å². The molecule has 0 aromatic heterocycles. The first-order valence-corrected chi connectivity index (χ1v) is 9.65. The molecule has 3 heterocycles. The van der Waals surface area contributed by atoms with Crippen molar-refractivity contribution >= 4 is 11.4 Å². The molecule has 4 nitrogen and oxygen atoms in total. The molecular weight excluding hydrogens is 324 g/mol. The lowest BCUT2D eigenvalue weighted by Gasteiger charge is -2.44. The molecule has 2 aromatic rings. The van der Waals surface area contributed by atoms with Crippen LogP contribution in [0.15, 0.2) is 42.5 Å². The number of benzene rings is 2. The Morgan fingerprint density at radius 1 is 0.846 bits per heavy atom. The molecule has 0 saturated carbocycles. The van der Waals surface area contributed by atoms with Crippen LogP contribution in [0.2, 0.25) is 0 Å². The van der Waals surface area contributed by atoms with E-state index in [0.717, 1.165) is 18.0 Å². The fraction of sp³-hybridized carbons (Fsp3) is 0.455. The monoisotopic (exact) mass is 350 g/mol. The lowest BCUT2D eigenvalue weighted by Crippen LogP contribution is -2.44. The molecule has 3 aliphatic heterocycles. The lowest BCUT2D eigenvalue weighted by atomic mass is 9.81. The normalized spacial score (nSPS) is 26.3. The number of hydrogen-bond donors (Lipinski definition) is 0. The van der Waals surface area contributed by atoms with Gasteiger partial charge >= 0.3 is 0 Å². The second-order valence-corrected chi connectivity index (χ2v) is 7.62. The minimum absolute atomic E-state index is 0.438. The molecule has 2 fully saturated rings. The number of methoxy groups -OCH3 is 2. The van der Waals surface area contributed by atoms with Crippen LogP contribution in [-0.2, 0) is 0 Å². The molecule has 0 radical (unpaired) electrons. The molecule has 0 bridgehead atoms. The highest BCUT2D eigenvalue weighted by molar-refractivity contribution is 5.65. The molecular formula is C22H26N2O2. The van der Waals surface area contributed by atoms with Gasteiger partial charge in [-0.3, -0.25) is 0 Å². The third kappa shape index (κ3) is 2.28. The van der Waals surface area contributed by atoms with Gasteiger partial charge in [0.1, 0.15) is 11.5 Å². The van der Waals surface area contributed by atoms with E-state index < -0.39 is 0 Å². The molecule has 3 aliphatic rings. The molecule has 0 N–H and O–H groups in total. The van der Waals surface area contributed by atoms with Crippen molar-refractivity contribution in [1.82, 2.24) is 0 Å². The van der Waals surface area contributed by atoms with E-state index >= 15 is 0 Å². The number of nitrogens with zero attached hydrogens (tertiary/aromatic N) is 2. The first-order chi connectivity index (χ1) is 12.8. The van der Waals surface area contributed by atoms with Crippen LogP contribution < -0.4 is 19.3 Å². The van der Waals surface area contributed by atoms with Crippen molar-refractivity contribution in [3.8, 4) is 11.5 Å². The molecule has 2 saturated heterocycles. The number of ether oxygens (including phenoxy) is 2. The van der Waals surface area contributed by atoms with Crippen molar-refractivity contribution in [3.05, 3.63) is 48.0 Å². The Kier molecular flexibility index (Phi) is 3.73. The van der Waals surface area contributed by atoms with E-state index in [1.807, 2.05) is 0 Å². The van der Waals surface area contributed by atoms with E-state index in [0.29, 0.717) is 18.0 Å². The summed E-state index contributed by atoms with van der Waals surface area (Å²) in [5.74, 6) is 2.57. The third-order valence-corrected chi connectivity index (χ3v) is 6.50. The highest BCUT2D eigenvalue weighted by Gasteiger charge is 2.48. The summed E-state index contributed by atoms with van der Waals surface area (Å²) in [5, 5.41) is 0. The maximum atomic E-state index is 5.56. The maximum Gasteiger partial charge on any atom is 0.119 e. The van der Waals surface area contributed by atoms with Crippen LogP contribution in [0.5, 0.6) is 11.5 Å². The zero-order valence-electron chi connectivity index (χ0n) is 15.5. The Morgan fingerprint density at radius 2 is 1.62 bits per heavy atom. The van der Waals surface area contributed by atoms with Gasteiger partial charge in [0.05, 0.1) is 20.3 Å². The predicted molar refractivity (Wildman–Crippen MR) is 105 cm³/mol. The van der Waals surface area contributed by atoms with Crippen LogP contribution in [0.1, 0.15) is 30.9 Å². The molecule has 0 spiro atoms. The van der Waals surface area contributed by atoms with Gasteiger partial charge in [0, 0.05) is 42.0 Å². The van der Waals surface area contributed by atoms with Crippen LogP contribution in [-0.4, -0.2) is 33.4 Å². The SMILES string of the molecule is COc1ccc(N2CC[C@@H]3[C@@H]4CCCN4c4ccc(OC)cc4[C@@H]32)cc1. The van der Waals surface area contributed by atoms with Crippen molar-refractivity contribution < 1.29 is 9.47 Å². The molecule has 136 valence electrons. The van der Waals surface area contributed by atoms with Gasteiger partial charge in [0.2, 0.25) is 0 Å². The van der Waals surface area contributed by atoms with Gasteiger partial charge in [0.25, 0.3) is 0 Å². The highest BCUT2D eigenvalue weighted by Crippen LogP contribution is 2.53. The van der Waals surface area contributed by atoms with Crippen molar-refractivity contribution in [1.29, 1.82) is 0 Å². The van der Waals surface area contributed by atoms with Crippen LogP contribution in [0.4, 0.5) is 11.4 Å². The zero-order valence-corrected chi connectivity index (χ0v) is 15.5. The summed E-state index contributed by atoms with van der Waals surface area (Å²) in [6.07, 6.45) is 3.89. The Morgan fingerprint density at radius 3 is 2.38 bits per heavy atom. The Hall–Kier alpha value is -2.36. The van der Waals surface area contributed by atoms with Crippen molar-refractivity contribution in [2.45, 2.75) is 31.3 Å². The Balaban J connectivity index is 1.59. The first-order valence-electron chi connectivity index (χ1n) is 9.65. The van der Waals surface area contributed by atoms with Crippen LogP contribution >= 0.6 is 0 Å². The number of hydrogen-bond acceptors (Lipinski definition) is 4. The molecule has 5 rings (SSSR count). The fourth-order valence-corrected chi connectivity index (χ4v) is 5.38. The molecule has 26 heavy (non-hydrogen) atoms. The zero-order chi connectivity index (χ0) is 17.7. The standard InChI is InChI=1S/C22H26N2O2/c1-25-16-7-5-15(6-8-16)23-13-11-18-20-4-3-12-24(20)21-10-9-17(26-2)14-19(21)22(18)23/h5-10,14,18,20,22H,3-4,11-13H2,1-2H3/t18-,20+,22-/m1/s1. The van der Waals surface area contributed by atoms with Crippen LogP contribution in [0, 0.1) is 5.92 Å². The first kappa shape index (κ1) is 15.9. The molecule has 4 heteroatoms. The van der Waals surface area contributed by atoms with Crippen molar-refractivity contribution in [2.75, 3.05) is 37.1 Å². The average molecular weight is 350 g/mol. The lowest BCUT2D eigenvalue weighted by molar-refractivity contribution is 0.370. The predicted octanol–water partition coefficient (Wildman–Crippen LogP) is 4.25. The summed E-state index contributed by atoms with van der Waals surface area (Å²) >= 11 is 0. The summed E-state index contributed by atoms with van der Waals surface area (Å²) in [6.45, 7) is 2.30. The van der Waals surface area contributed by atoms with E-state index in [4.69, 9.17) is 9.47 Å². The molecule has 0 amide bonds. The van der Waals surface area contributed by atoms with Crippen LogP contribution in [0.25, 0.3) is 0 Å². The Labute approximate surface area is 155 Å². The van der Waals surface area contributed by atoms with Gasteiger partial charge in [0.15, 0.2) is 0 Å². The minimum atomic E-state index is 0.438. The molecule has 2 aromatic carbocycles. The van der Waals surface area contributed by atoms with E-state index in [2.05, 4.69) is 52.3 Å². The van der Waals surface area contributed by atoms with Crippen LogP contribution in [0.3, 0.4) is 0 Å². The molecule has 3 atom stereocenters. The average Bonchev–Trinajstić information content (AvgIpc) is 3.35. The number of anilines is 2. The van der Waals surface area contributed by atoms with E-state index in [1.165, 1.54) is 42.7 Å². The summed E-state index contributed by atoms with van der Waals surface area (Å²) in [5.41, 5.74) is 4.13. The van der Waals surface area contributed by atoms with Gasteiger partial charge < -0.3 is 19.3 Å². The second kappa shape index (κ2) is 6.11. The van der Waals surface area contributed by atoms with E-state index in [1.54, 1.807) is 14.2 Å². The second-order valence-electron chi connectivity index (χ2n) is 7.62. The third-order valence-electron chi connectivity index (χ3n) is 6.50. The largest absolute Gasteiger partial charge is 0.497 e. The fourth-order valence-electron chi connectivity index (χ4n) is 5.38. The van der Waals surface area contributed by atoms with E-state index in [-0.39, 0.29) is 0 Å². The number of rotatable bonds is 3. The van der Waals surface area contributed by atoms with E-state index in [9.17, 15) is 0 Å². The Bertz CT molecular complexity index is 804. The van der Waals surface area contributed by atoms with Crippen molar-refractivity contribution in [3.63, 3.8) is 0 Å². The van der Waals surface area contributed by atoms with Gasteiger partial charge in [-0.05, 0) is 61.7 Å². The number of fused-ring (bicyclic) bond motifs is 6. The van der Waals surface area contributed by atoms with Gasteiger partial charge in [-0.2, -0.15) is 0 Å². The maximum absolute atomic E-state index is 5.56. The summed E-state index contributed by atoms with van der Waals surface area (Å²) in [7, 11) is 3.48. The van der Waals surface area contributed by atoms with Gasteiger partial charge in [-0.25, -0.2) is 0 Å². The highest BCUT2D eigenvalue weighted by atomic mass is 16.5. The summed E-state index contributed by atoms with van der Waals surface area (Å²) in [6, 6.07) is 16.3. The van der Waals surface area contributed by atoms with Crippen molar-refractivity contribution in [2.24, 2.45) is 5.92 Å². The van der Waals surface area contributed by atoms with Gasteiger partial charge in [-0.15, -0.1) is 0 Å². The smallest absolute Gasteiger partial charge is 0.119 e. The summed E-state index contributed by atoms with van der Waals surface area (Å²) in [4.78, 5) is 5.26. The quantitative estimate of drug-likeness (QED) is 0.826. The minimum Gasteiger partial charge on any atom is -0.497 e.